The van der Waals surface area contributed by atoms with E-state index in [1.54, 1.807) is 0 Å². The summed E-state index contributed by atoms with van der Waals surface area (Å²) < 4.78 is 0. The van der Waals surface area contributed by atoms with Crippen molar-refractivity contribution in [1.82, 2.24) is 4.90 Å². The smallest absolute Gasteiger partial charge is 0.0937 e. The van der Waals surface area contributed by atoms with Crippen LogP contribution >= 0.6 is 24.0 Å². The van der Waals surface area contributed by atoms with E-state index in [-0.39, 0.29) is 18.3 Å². The summed E-state index contributed by atoms with van der Waals surface area (Å²) in [6.45, 7) is 2.87. The van der Waals surface area contributed by atoms with Gasteiger partial charge in [-0.3, -0.25) is 0 Å². The fourth-order valence-electron chi connectivity index (χ4n) is 3.19. The Bertz CT molecular complexity index is 601. The summed E-state index contributed by atoms with van der Waals surface area (Å²) in [4.78, 5) is 2.14. The van der Waals surface area contributed by atoms with E-state index in [1.807, 2.05) is 37.3 Å². The monoisotopic (exact) mass is 367 g/mol. The van der Waals surface area contributed by atoms with Gasteiger partial charge in [0, 0.05) is 17.5 Å². The van der Waals surface area contributed by atoms with Crippen molar-refractivity contribution in [3.8, 4) is 0 Å². The van der Waals surface area contributed by atoms with Gasteiger partial charge in [-0.05, 0) is 50.2 Å². The van der Waals surface area contributed by atoms with E-state index in [2.05, 4.69) is 43.3 Å². The molecule has 0 aromatic heterocycles. The van der Waals surface area contributed by atoms with E-state index >= 15 is 0 Å². The lowest BCUT2D eigenvalue weighted by atomic mass is 9.76. The first-order chi connectivity index (χ1) is 11.0. The molecule has 0 saturated carbocycles. The van der Waals surface area contributed by atoms with Crippen molar-refractivity contribution >= 4 is 24.0 Å². The van der Waals surface area contributed by atoms with Crippen LogP contribution < -0.4 is 0 Å². The van der Waals surface area contributed by atoms with Crippen molar-refractivity contribution in [2.45, 2.75) is 25.4 Å². The summed E-state index contributed by atoms with van der Waals surface area (Å²) >= 11 is 6.01. The molecule has 0 unspecified atom stereocenters. The molecule has 1 N–H and O–H groups in total. The van der Waals surface area contributed by atoms with E-state index in [1.165, 1.54) is 5.56 Å². The van der Waals surface area contributed by atoms with Crippen molar-refractivity contribution < 1.29 is 5.11 Å². The largest absolute Gasteiger partial charge is 0.385 e. The molecule has 0 aliphatic heterocycles. The van der Waals surface area contributed by atoms with Gasteiger partial charge in [-0.1, -0.05) is 61.0 Å². The average molecular weight is 368 g/mol. The number of rotatable bonds is 7. The molecule has 0 fully saturated rings. The van der Waals surface area contributed by atoms with Crippen molar-refractivity contribution in [2.75, 3.05) is 20.6 Å². The minimum Gasteiger partial charge on any atom is -0.385 e. The summed E-state index contributed by atoms with van der Waals surface area (Å²) in [7, 11) is 4.10. The molecule has 132 valence electrons. The molecule has 0 heterocycles. The summed E-state index contributed by atoms with van der Waals surface area (Å²) in [6, 6.07) is 18.0. The number of nitrogens with zero attached hydrogens (tertiary/aromatic N) is 1. The van der Waals surface area contributed by atoms with Gasteiger partial charge in [-0.15, -0.1) is 12.4 Å². The number of halogens is 2. The molecule has 2 atom stereocenters. The van der Waals surface area contributed by atoms with Crippen LogP contribution in [0.25, 0.3) is 0 Å². The fourth-order valence-corrected chi connectivity index (χ4v) is 3.32. The molecular formula is C20H27Cl2NO. The Morgan fingerprint density at radius 1 is 1.04 bits per heavy atom. The molecule has 0 saturated heterocycles. The van der Waals surface area contributed by atoms with Crippen LogP contribution in [0.1, 0.15) is 24.5 Å². The molecule has 0 amide bonds. The van der Waals surface area contributed by atoms with Gasteiger partial charge in [-0.25, -0.2) is 0 Å². The average Bonchev–Trinajstić information content (AvgIpc) is 2.55. The highest BCUT2D eigenvalue weighted by Gasteiger charge is 2.37. The number of hydrogen-bond acceptors (Lipinski definition) is 2. The third-order valence-electron chi connectivity index (χ3n) is 4.47. The van der Waals surface area contributed by atoms with Gasteiger partial charge in [-0.2, -0.15) is 0 Å². The van der Waals surface area contributed by atoms with Gasteiger partial charge in [0.2, 0.25) is 0 Å². The number of aliphatic hydroxyl groups is 1. The topological polar surface area (TPSA) is 23.5 Å². The molecule has 2 aromatic carbocycles. The minimum absolute atomic E-state index is 0. The highest BCUT2D eigenvalue weighted by molar-refractivity contribution is 6.30. The van der Waals surface area contributed by atoms with Gasteiger partial charge < -0.3 is 10.0 Å². The lowest BCUT2D eigenvalue weighted by Gasteiger charge is -2.38. The van der Waals surface area contributed by atoms with Crippen LogP contribution in [0.15, 0.2) is 54.6 Å². The van der Waals surface area contributed by atoms with E-state index in [0.29, 0.717) is 11.4 Å². The van der Waals surface area contributed by atoms with Crippen molar-refractivity contribution in [3.05, 3.63) is 70.7 Å². The SMILES string of the molecule is CC[C@@](O)(c1ccc(Cl)cc1)[C@@H](Cc1ccccc1)CN(C)C.Cl. The van der Waals surface area contributed by atoms with Crippen LogP contribution in [0.4, 0.5) is 0 Å². The first-order valence-corrected chi connectivity index (χ1v) is 8.50. The Hall–Kier alpha value is -1.06. The van der Waals surface area contributed by atoms with Crippen molar-refractivity contribution in [3.63, 3.8) is 0 Å². The maximum absolute atomic E-state index is 11.5. The van der Waals surface area contributed by atoms with Gasteiger partial charge in [0.1, 0.15) is 0 Å². The zero-order valence-electron chi connectivity index (χ0n) is 14.6. The second-order valence-corrected chi connectivity index (χ2v) is 6.87. The van der Waals surface area contributed by atoms with E-state index < -0.39 is 5.60 Å². The highest BCUT2D eigenvalue weighted by Crippen LogP contribution is 2.36. The lowest BCUT2D eigenvalue weighted by molar-refractivity contribution is -0.0366. The van der Waals surface area contributed by atoms with Crippen molar-refractivity contribution in [1.29, 1.82) is 0 Å². The maximum Gasteiger partial charge on any atom is 0.0937 e. The first kappa shape index (κ1) is 21.0. The second-order valence-electron chi connectivity index (χ2n) is 6.43. The Balaban J connectivity index is 0.00000288. The van der Waals surface area contributed by atoms with Crippen molar-refractivity contribution in [2.24, 2.45) is 5.92 Å². The zero-order chi connectivity index (χ0) is 16.9. The second kappa shape index (κ2) is 9.43. The molecule has 0 bridgehead atoms. The minimum atomic E-state index is -0.870. The van der Waals surface area contributed by atoms with Crippen LogP contribution in [0.5, 0.6) is 0 Å². The molecule has 2 rings (SSSR count). The van der Waals surface area contributed by atoms with E-state index in [9.17, 15) is 5.11 Å². The normalized spacial score (nSPS) is 14.8. The van der Waals surface area contributed by atoms with Gasteiger partial charge >= 0.3 is 0 Å². The zero-order valence-corrected chi connectivity index (χ0v) is 16.1. The molecule has 2 aromatic rings. The molecule has 0 radical (unpaired) electrons. The Morgan fingerprint density at radius 3 is 2.12 bits per heavy atom. The van der Waals surface area contributed by atoms with Crippen LogP contribution in [-0.2, 0) is 12.0 Å². The molecular weight excluding hydrogens is 341 g/mol. The van der Waals surface area contributed by atoms with E-state index in [0.717, 1.165) is 18.5 Å². The molecule has 24 heavy (non-hydrogen) atoms. The van der Waals surface area contributed by atoms with Crippen LogP contribution in [-0.4, -0.2) is 30.6 Å². The third-order valence-corrected chi connectivity index (χ3v) is 4.72. The summed E-state index contributed by atoms with van der Waals surface area (Å²) in [5.74, 6) is 0.103. The molecule has 2 nitrogen and oxygen atoms in total. The van der Waals surface area contributed by atoms with E-state index in [4.69, 9.17) is 11.6 Å². The molecule has 0 aliphatic rings. The standard InChI is InChI=1S/C20H26ClNO.ClH/c1-4-20(23,17-10-12-19(21)13-11-17)18(15-22(2)3)14-16-8-6-5-7-9-16;/h5-13,18,23H,4,14-15H2,1-3H3;1H/t18-,20+;/m0./s1. The summed E-state index contributed by atoms with van der Waals surface area (Å²) in [5.41, 5.74) is 1.32. The van der Waals surface area contributed by atoms with Crippen LogP contribution in [0.3, 0.4) is 0 Å². The third kappa shape index (κ3) is 5.22. The van der Waals surface area contributed by atoms with Gasteiger partial charge in [0.25, 0.3) is 0 Å². The Labute approximate surface area is 156 Å². The molecule has 0 aliphatic carbocycles. The van der Waals surface area contributed by atoms with Gasteiger partial charge in [0.05, 0.1) is 5.60 Å². The number of hydrogen-bond donors (Lipinski definition) is 1. The quantitative estimate of drug-likeness (QED) is 0.760. The first-order valence-electron chi connectivity index (χ1n) is 8.12. The lowest BCUT2D eigenvalue weighted by Crippen LogP contribution is -2.41. The predicted molar refractivity (Wildman–Crippen MR) is 105 cm³/mol. The molecule has 0 spiro atoms. The number of benzene rings is 2. The molecule has 4 heteroatoms. The summed E-state index contributed by atoms with van der Waals surface area (Å²) in [6.07, 6.45) is 1.51. The van der Waals surface area contributed by atoms with Gasteiger partial charge in [0.15, 0.2) is 0 Å². The predicted octanol–water partition coefficient (Wildman–Crippen LogP) is 4.78. The summed E-state index contributed by atoms with van der Waals surface area (Å²) in [5, 5.41) is 12.2. The van der Waals surface area contributed by atoms with Crippen LogP contribution in [0, 0.1) is 5.92 Å². The van der Waals surface area contributed by atoms with Crippen LogP contribution in [0.2, 0.25) is 5.02 Å². The highest BCUT2D eigenvalue weighted by atomic mass is 35.5. The maximum atomic E-state index is 11.5. The fraction of sp³-hybridized carbons (Fsp3) is 0.400. The Morgan fingerprint density at radius 2 is 1.62 bits per heavy atom. The Kier molecular flexibility index (Phi) is 8.24.